The second-order valence-electron chi connectivity index (χ2n) is 4.85. The van der Waals surface area contributed by atoms with Gasteiger partial charge in [-0.25, -0.2) is 13.5 Å². The Morgan fingerprint density at radius 2 is 2.19 bits per heavy atom. The van der Waals surface area contributed by atoms with Crippen LogP contribution in [0.2, 0.25) is 0 Å². The zero-order valence-corrected chi connectivity index (χ0v) is 11.9. The molecule has 0 aliphatic heterocycles. The van der Waals surface area contributed by atoms with Gasteiger partial charge in [0.15, 0.2) is 5.69 Å². The third-order valence-electron chi connectivity index (χ3n) is 3.14. The summed E-state index contributed by atoms with van der Waals surface area (Å²) in [6, 6.07) is 0. The molecule has 3 rings (SSSR count). The van der Waals surface area contributed by atoms with Crippen molar-refractivity contribution in [1.82, 2.24) is 25.2 Å². The van der Waals surface area contributed by atoms with Crippen molar-refractivity contribution in [3.8, 4) is 0 Å². The minimum absolute atomic E-state index is 0.279. The molecule has 1 N–H and O–H groups in total. The quantitative estimate of drug-likeness (QED) is 0.909. The van der Waals surface area contributed by atoms with Gasteiger partial charge >= 0.3 is 0 Å². The first-order chi connectivity index (χ1) is 10.0. The van der Waals surface area contributed by atoms with Crippen LogP contribution in [-0.2, 0) is 13.5 Å². The Labute approximate surface area is 122 Å². The molecule has 7 nitrogen and oxygen atoms in total. The predicted molar refractivity (Wildman–Crippen MR) is 70.3 cm³/mol. The van der Waals surface area contributed by atoms with E-state index in [1.54, 1.807) is 0 Å². The molecule has 0 spiro atoms. The van der Waals surface area contributed by atoms with Gasteiger partial charge in [0.05, 0.1) is 0 Å². The van der Waals surface area contributed by atoms with Gasteiger partial charge in [0, 0.05) is 13.5 Å². The van der Waals surface area contributed by atoms with Gasteiger partial charge in [0.25, 0.3) is 12.3 Å². The molecule has 1 saturated carbocycles. The first-order valence-electron chi connectivity index (χ1n) is 6.36. The number of nitrogens with zero attached hydrogens (tertiary/aromatic N) is 5. The summed E-state index contributed by atoms with van der Waals surface area (Å²) in [6.45, 7) is 0. The number of hydrogen-bond donors (Lipinski definition) is 1. The van der Waals surface area contributed by atoms with Gasteiger partial charge in [-0.3, -0.25) is 10.1 Å². The number of halogens is 2. The largest absolute Gasteiger partial charge is 0.295 e. The number of aromatic nitrogens is 5. The molecule has 112 valence electrons. The molecule has 1 aliphatic rings. The molecule has 0 saturated heterocycles. The first kappa shape index (κ1) is 14.0. The second kappa shape index (κ2) is 5.43. The zero-order valence-electron chi connectivity index (χ0n) is 11.1. The molecule has 2 aromatic heterocycles. The van der Waals surface area contributed by atoms with Crippen LogP contribution in [0.25, 0.3) is 0 Å². The summed E-state index contributed by atoms with van der Waals surface area (Å²) in [7, 11) is 1.31. The molecule has 2 heterocycles. The van der Waals surface area contributed by atoms with Gasteiger partial charge in [0.1, 0.15) is 10.7 Å². The van der Waals surface area contributed by atoms with E-state index in [1.165, 1.54) is 31.2 Å². The number of rotatable bonds is 5. The Morgan fingerprint density at radius 1 is 1.43 bits per heavy atom. The van der Waals surface area contributed by atoms with Crippen molar-refractivity contribution in [2.45, 2.75) is 25.7 Å². The van der Waals surface area contributed by atoms with E-state index >= 15 is 0 Å². The molecule has 10 heteroatoms. The highest BCUT2D eigenvalue weighted by molar-refractivity contribution is 7.15. The number of alkyl halides is 2. The molecule has 21 heavy (non-hydrogen) atoms. The lowest BCUT2D eigenvalue weighted by Crippen LogP contribution is -2.15. The first-order valence-corrected chi connectivity index (χ1v) is 7.17. The fourth-order valence-electron chi connectivity index (χ4n) is 1.88. The summed E-state index contributed by atoms with van der Waals surface area (Å²) < 4.78 is 26.6. The van der Waals surface area contributed by atoms with E-state index in [2.05, 4.69) is 25.8 Å². The molecule has 0 unspecified atom stereocenters. The van der Waals surface area contributed by atoms with Crippen LogP contribution in [0.1, 0.15) is 40.5 Å². The molecular formula is C11H12F2N6OS. The number of anilines is 1. The van der Waals surface area contributed by atoms with Gasteiger partial charge in [-0.1, -0.05) is 16.6 Å². The standard InChI is InChI=1S/C11H12F2N6OS/c1-19-8(9(12)13)7(16-18-19)10(20)14-11-17-15-6(21-11)4-5-2-3-5/h5,9H,2-4H2,1H3,(H,14,17,20). The molecule has 1 aliphatic carbocycles. The van der Waals surface area contributed by atoms with Crippen LogP contribution in [0.4, 0.5) is 13.9 Å². The third-order valence-corrected chi connectivity index (χ3v) is 4.00. The van der Waals surface area contributed by atoms with Crippen LogP contribution in [0.5, 0.6) is 0 Å². The Balaban J connectivity index is 1.72. The average molecular weight is 314 g/mol. The maximum absolute atomic E-state index is 12.9. The minimum Gasteiger partial charge on any atom is -0.295 e. The fraction of sp³-hybridized carbons (Fsp3) is 0.545. The highest BCUT2D eigenvalue weighted by Gasteiger charge is 2.27. The number of carbonyl (C=O) groups is 1. The van der Waals surface area contributed by atoms with E-state index < -0.39 is 23.7 Å². The number of hydrogen-bond acceptors (Lipinski definition) is 6. The lowest BCUT2D eigenvalue weighted by atomic mass is 10.3. The fourth-order valence-corrected chi connectivity index (χ4v) is 2.73. The van der Waals surface area contributed by atoms with Gasteiger partial charge in [-0.2, -0.15) is 0 Å². The van der Waals surface area contributed by atoms with E-state index in [9.17, 15) is 13.6 Å². The summed E-state index contributed by atoms with van der Waals surface area (Å²) >= 11 is 1.25. The van der Waals surface area contributed by atoms with E-state index in [1.807, 2.05) is 0 Å². The molecule has 1 fully saturated rings. The van der Waals surface area contributed by atoms with Crippen LogP contribution in [0, 0.1) is 5.92 Å². The molecule has 2 aromatic rings. The smallest absolute Gasteiger partial charge is 0.282 e. The third kappa shape index (κ3) is 3.04. The van der Waals surface area contributed by atoms with Gasteiger partial charge in [-0.05, 0) is 18.8 Å². The SMILES string of the molecule is Cn1nnc(C(=O)Nc2nnc(CC3CC3)s2)c1C(F)F. The second-order valence-corrected chi connectivity index (χ2v) is 5.91. The number of amides is 1. The van der Waals surface area contributed by atoms with Crippen molar-refractivity contribution in [3.63, 3.8) is 0 Å². The Morgan fingerprint density at radius 3 is 2.86 bits per heavy atom. The van der Waals surface area contributed by atoms with Gasteiger partial charge in [-0.15, -0.1) is 15.3 Å². The highest BCUT2D eigenvalue weighted by atomic mass is 32.1. The summed E-state index contributed by atoms with van der Waals surface area (Å²) in [5, 5.41) is 18.3. The summed E-state index contributed by atoms with van der Waals surface area (Å²) in [6.07, 6.45) is 0.406. The van der Waals surface area contributed by atoms with Crippen molar-refractivity contribution in [2.24, 2.45) is 13.0 Å². The maximum Gasteiger partial charge on any atom is 0.282 e. The van der Waals surface area contributed by atoms with Crippen LogP contribution in [-0.4, -0.2) is 31.1 Å². The van der Waals surface area contributed by atoms with E-state index in [4.69, 9.17) is 0 Å². The molecular weight excluding hydrogens is 302 g/mol. The Bertz CT molecular complexity index is 665. The van der Waals surface area contributed by atoms with Gasteiger partial charge < -0.3 is 0 Å². The number of carbonyl (C=O) groups excluding carboxylic acids is 1. The van der Waals surface area contributed by atoms with Gasteiger partial charge in [0.2, 0.25) is 5.13 Å². The maximum atomic E-state index is 12.9. The monoisotopic (exact) mass is 314 g/mol. The van der Waals surface area contributed by atoms with E-state index in [0.29, 0.717) is 5.92 Å². The zero-order chi connectivity index (χ0) is 15.0. The molecule has 0 radical (unpaired) electrons. The van der Waals surface area contributed by atoms with Crippen LogP contribution < -0.4 is 5.32 Å². The van der Waals surface area contributed by atoms with Crippen LogP contribution >= 0.6 is 11.3 Å². The molecule has 0 atom stereocenters. The van der Waals surface area contributed by atoms with Crippen LogP contribution in [0.15, 0.2) is 0 Å². The normalized spacial score (nSPS) is 14.7. The van der Waals surface area contributed by atoms with Crippen molar-refractivity contribution in [3.05, 3.63) is 16.4 Å². The lowest BCUT2D eigenvalue weighted by Gasteiger charge is -2.02. The van der Waals surface area contributed by atoms with Crippen molar-refractivity contribution in [2.75, 3.05) is 5.32 Å². The van der Waals surface area contributed by atoms with Crippen molar-refractivity contribution < 1.29 is 13.6 Å². The number of nitrogens with one attached hydrogen (secondary N) is 1. The molecule has 1 amide bonds. The molecule has 0 aromatic carbocycles. The molecule has 0 bridgehead atoms. The summed E-state index contributed by atoms with van der Waals surface area (Å²) in [5.74, 6) is -0.0977. The van der Waals surface area contributed by atoms with E-state index in [-0.39, 0.29) is 5.13 Å². The lowest BCUT2D eigenvalue weighted by molar-refractivity contribution is 0.0999. The van der Waals surface area contributed by atoms with Crippen LogP contribution in [0.3, 0.4) is 0 Å². The summed E-state index contributed by atoms with van der Waals surface area (Å²) in [5.41, 5.74) is -0.915. The highest BCUT2D eigenvalue weighted by Crippen LogP contribution is 2.34. The van der Waals surface area contributed by atoms with E-state index in [0.717, 1.165) is 16.1 Å². The Kier molecular flexibility index (Phi) is 3.62. The van der Waals surface area contributed by atoms with Crippen molar-refractivity contribution in [1.29, 1.82) is 0 Å². The Hall–Kier alpha value is -1.97. The average Bonchev–Trinajstić information content (AvgIpc) is 2.97. The minimum atomic E-state index is -2.83. The summed E-state index contributed by atoms with van der Waals surface area (Å²) in [4.78, 5) is 12.0. The van der Waals surface area contributed by atoms with Crippen molar-refractivity contribution >= 4 is 22.4 Å². The number of aryl methyl sites for hydroxylation is 1. The predicted octanol–water partition coefficient (Wildman–Crippen LogP) is 1.81. The topological polar surface area (TPSA) is 85.6 Å².